The minimum Gasteiger partial charge on any atom is -0.477 e. The molecule has 2 heterocycles. The van der Waals surface area contributed by atoms with Crippen molar-refractivity contribution in [2.75, 3.05) is 5.75 Å². The number of carbonyl (C=O) groups is 2. The molecule has 0 aromatic heterocycles. The van der Waals surface area contributed by atoms with Gasteiger partial charge in [0, 0.05) is 11.8 Å². The van der Waals surface area contributed by atoms with Crippen molar-refractivity contribution in [2.24, 2.45) is 5.73 Å². The Bertz CT molecular complexity index is 1070. The molecule has 15 heteroatoms. The molecule has 0 aliphatic carbocycles. The fourth-order valence-electron chi connectivity index (χ4n) is 2.46. The molecule has 2 aliphatic heterocycles. The van der Waals surface area contributed by atoms with E-state index in [-0.39, 0.29) is 32.0 Å². The Labute approximate surface area is 184 Å². The van der Waals surface area contributed by atoms with E-state index < -0.39 is 38.3 Å². The van der Waals surface area contributed by atoms with Gasteiger partial charge in [-0.05, 0) is 23.8 Å². The van der Waals surface area contributed by atoms with Gasteiger partial charge in [-0.2, -0.15) is 8.42 Å². The summed E-state index contributed by atoms with van der Waals surface area (Å²) in [5.74, 6) is -1.49. The first-order valence-corrected chi connectivity index (χ1v) is 11.0. The van der Waals surface area contributed by atoms with Crippen LogP contribution in [0.15, 0.2) is 46.6 Å². The highest BCUT2D eigenvalue weighted by Gasteiger charge is 2.51. The van der Waals surface area contributed by atoms with Crippen molar-refractivity contribution >= 4 is 57.0 Å². The number of carboxylic acid groups (broad SMARTS) is 1. The number of hydrogen-bond acceptors (Lipinski definition) is 8. The molecule has 1 aromatic rings. The number of carboxylic acids is 1. The molecule has 1 fully saturated rings. The zero-order chi connectivity index (χ0) is 22.8. The minimum absolute atomic E-state index is 0.0896. The Morgan fingerprint density at radius 3 is 2.50 bits per heavy atom. The Morgan fingerprint density at radius 1 is 1.37 bits per heavy atom. The van der Waals surface area contributed by atoms with E-state index in [1.807, 2.05) is 0 Å². The second-order valence-electron chi connectivity index (χ2n) is 5.77. The summed E-state index contributed by atoms with van der Waals surface area (Å²) in [5.41, 5.74) is 5.57. The zero-order valence-electron chi connectivity index (χ0n) is 14.6. The smallest absolute Gasteiger partial charge is 0.352 e. The van der Waals surface area contributed by atoms with Gasteiger partial charge in [-0.15, -0.1) is 11.8 Å². The molecule has 11 nitrogen and oxygen atoms in total. The number of fused-ring (bicyclic) bond motifs is 1. The molecule has 0 spiro atoms. The number of rotatable bonds is 4. The van der Waals surface area contributed by atoms with Gasteiger partial charge in [-0.3, -0.25) is 24.4 Å². The highest BCUT2D eigenvalue weighted by molar-refractivity contribution is 8.00. The first kappa shape index (κ1) is 24.1. The lowest BCUT2D eigenvalue weighted by Gasteiger charge is -2.47. The van der Waals surface area contributed by atoms with Crippen molar-refractivity contribution in [1.82, 2.24) is 4.90 Å². The van der Waals surface area contributed by atoms with Gasteiger partial charge in [0.15, 0.2) is 0 Å². The van der Waals surface area contributed by atoms with Crippen molar-refractivity contribution in [2.45, 2.75) is 16.3 Å². The zero-order valence-corrected chi connectivity index (χ0v) is 17.8. The summed E-state index contributed by atoms with van der Waals surface area (Å²) in [5, 5.41) is 19.3. The van der Waals surface area contributed by atoms with E-state index in [2.05, 4.69) is 0 Å². The molecule has 1 saturated heterocycles. The van der Waals surface area contributed by atoms with Crippen LogP contribution in [0.25, 0.3) is 0 Å². The largest absolute Gasteiger partial charge is 0.477 e. The number of nitro groups is 1. The average molecular weight is 498 g/mol. The molecule has 1 aromatic carbocycles. The molecule has 1 amide bonds. The van der Waals surface area contributed by atoms with Crippen molar-refractivity contribution in [3.8, 4) is 0 Å². The topological polar surface area (TPSA) is 181 Å². The number of benzene rings is 1. The Kier molecular flexibility index (Phi) is 7.49. The van der Waals surface area contributed by atoms with Crippen LogP contribution in [-0.4, -0.2) is 56.9 Å². The van der Waals surface area contributed by atoms with Crippen molar-refractivity contribution in [3.05, 3.63) is 61.9 Å². The number of allylic oxidation sites excluding steroid dienone is 1. The number of nitrogens with two attached hydrogens (primary N) is 1. The third kappa shape index (κ3) is 5.30. The summed E-state index contributed by atoms with van der Waals surface area (Å²) in [7, 11) is -4.19. The molecule has 4 N–H and O–H groups in total. The third-order valence-electron chi connectivity index (χ3n) is 3.83. The normalized spacial score (nSPS) is 20.9. The number of thioether (sulfide) groups is 1. The maximum absolute atomic E-state index is 11.5. The monoisotopic (exact) mass is 497 g/mol. The summed E-state index contributed by atoms with van der Waals surface area (Å²) in [6, 6.07) is 2.85. The minimum atomic E-state index is -4.19. The van der Waals surface area contributed by atoms with Crippen LogP contribution in [-0.2, 0) is 19.7 Å². The number of hydrogen-bond donors (Lipinski definition) is 3. The number of nitrogens with zero attached hydrogens (tertiary/aromatic N) is 2. The van der Waals surface area contributed by atoms with Gasteiger partial charge in [0.2, 0.25) is 12.1 Å². The summed E-state index contributed by atoms with van der Waals surface area (Å²) in [4.78, 5) is 33.0. The van der Waals surface area contributed by atoms with Crippen molar-refractivity contribution in [1.29, 1.82) is 0 Å². The van der Waals surface area contributed by atoms with Crippen LogP contribution in [0.4, 0.5) is 0 Å². The van der Waals surface area contributed by atoms with E-state index in [0.29, 0.717) is 6.20 Å². The van der Waals surface area contributed by atoms with Gasteiger partial charge in [-0.1, -0.05) is 23.2 Å². The molecule has 2 aliphatic rings. The molecule has 3 rings (SSSR count). The van der Waals surface area contributed by atoms with E-state index in [1.54, 1.807) is 0 Å². The number of β-lactam (4-membered cyclic amide) rings is 1. The molecule has 0 radical (unpaired) electrons. The lowest BCUT2D eigenvalue weighted by molar-refractivity contribution is -0.402. The van der Waals surface area contributed by atoms with E-state index >= 15 is 0 Å². The summed E-state index contributed by atoms with van der Waals surface area (Å²) in [6.45, 7) is 0. The molecule has 0 bridgehead atoms. The molecule has 30 heavy (non-hydrogen) atoms. The molecule has 1 unspecified atom stereocenters. The first-order valence-electron chi connectivity index (χ1n) is 7.75. The maximum atomic E-state index is 11.5. The van der Waals surface area contributed by atoms with Crippen LogP contribution in [0.5, 0.6) is 0 Å². The summed E-state index contributed by atoms with van der Waals surface area (Å²) < 4.78 is 29.7. The van der Waals surface area contributed by atoms with Crippen molar-refractivity contribution < 1.29 is 32.6 Å². The Balaban J connectivity index is 0.000000232. The predicted molar refractivity (Wildman–Crippen MR) is 108 cm³/mol. The average Bonchev–Trinajstić information content (AvgIpc) is 2.66. The standard InChI is InChI=1S/C9H9N3O5S.C6H4Cl2O3S/c10-5-7(13)12-6(9(14)15)4(1-2-11(16)17)3-18-8(5)12;7-5-2-1-4(3-6(5)8)12(9,10)11/h1-2,5,8H,3,10H2,(H,14,15);1-3H,(H,9,10,11)/t5?,8-;/m0./s1. The van der Waals surface area contributed by atoms with Crippen LogP contribution < -0.4 is 5.73 Å². The van der Waals surface area contributed by atoms with E-state index in [1.165, 1.54) is 23.9 Å². The number of amides is 1. The van der Waals surface area contributed by atoms with Gasteiger partial charge < -0.3 is 10.8 Å². The molecule has 0 saturated carbocycles. The van der Waals surface area contributed by atoms with Gasteiger partial charge >= 0.3 is 5.97 Å². The van der Waals surface area contributed by atoms with E-state index in [4.69, 9.17) is 38.6 Å². The van der Waals surface area contributed by atoms with Crippen LogP contribution >= 0.6 is 35.0 Å². The summed E-state index contributed by atoms with van der Waals surface area (Å²) in [6.07, 6.45) is 1.76. The van der Waals surface area contributed by atoms with Crippen LogP contribution in [0.2, 0.25) is 10.0 Å². The molecular weight excluding hydrogens is 485 g/mol. The second-order valence-corrected chi connectivity index (χ2v) is 9.11. The third-order valence-corrected chi connectivity index (χ3v) is 6.74. The van der Waals surface area contributed by atoms with Gasteiger partial charge in [-0.25, -0.2) is 4.79 Å². The fourth-order valence-corrected chi connectivity index (χ4v) is 4.59. The number of aliphatic carboxylic acids is 1. The van der Waals surface area contributed by atoms with E-state index in [0.717, 1.165) is 17.0 Å². The number of halogens is 2. The van der Waals surface area contributed by atoms with Crippen LogP contribution in [0.3, 0.4) is 0 Å². The highest BCUT2D eigenvalue weighted by atomic mass is 35.5. The quantitative estimate of drug-likeness (QED) is 0.239. The van der Waals surface area contributed by atoms with Crippen molar-refractivity contribution in [3.63, 3.8) is 0 Å². The van der Waals surface area contributed by atoms with Gasteiger partial charge in [0.05, 0.1) is 19.9 Å². The fraction of sp³-hybridized carbons (Fsp3) is 0.200. The predicted octanol–water partition coefficient (Wildman–Crippen LogP) is 1.60. The Morgan fingerprint density at radius 2 is 2.00 bits per heavy atom. The molecular formula is C15H13Cl2N3O8S2. The van der Waals surface area contributed by atoms with Gasteiger partial charge in [0.25, 0.3) is 10.1 Å². The lowest BCUT2D eigenvalue weighted by atomic mass is 10.0. The maximum Gasteiger partial charge on any atom is 0.352 e. The van der Waals surface area contributed by atoms with Crippen LogP contribution in [0, 0.1) is 10.1 Å². The van der Waals surface area contributed by atoms with E-state index in [9.17, 15) is 28.1 Å². The SMILES string of the molecule is NC1C(=O)N2C(C(=O)O)=C(C=C[N+](=O)[O-])CS[C@@H]12.O=S(=O)(O)c1ccc(Cl)c(Cl)c1. The molecule has 2 atom stereocenters. The first-order chi connectivity index (χ1) is 13.8. The van der Waals surface area contributed by atoms with Crippen LogP contribution in [0.1, 0.15) is 0 Å². The number of carbonyl (C=O) groups excluding carboxylic acids is 1. The second kappa shape index (κ2) is 9.32. The summed E-state index contributed by atoms with van der Waals surface area (Å²) >= 11 is 12.3. The lowest BCUT2D eigenvalue weighted by Crippen LogP contribution is -2.68. The Hall–Kier alpha value is -2.16. The van der Waals surface area contributed by atoms with Gasteiger partial charge in [0.1, 0.15) is 17.1 Å². The molecule has 162 valence electrons. The highest BCUT2D eigenvalue weighted by Crippen LogP contribution is 2.39.